The summed E-state index contributed by atoms with van der Waals surface area (Å²) in [6, 6.07) is 15.6. The fourth-order valence-corrected chi connectivity index (χ4v) is 4.36. The second-order valence-corrected chi connectivity index (χ2v) is 8.70. The van der Waals surface area contributed by atoms with Crippen LogP contribution in [0.25, 0.3) is 0 Å². The molecular weight excluding hydrogens is 396 g/mol. The maximum atomic E-state index is 4.31. The maximum absolute atomic E-state index is 4.31. The second kappa shape index (κ2) is 9.66. The summed E-state index contributed by atoms with van der Waals surface area (Å²) in [5, 5.41) is 0. The van der Waals surface area contributed by atoms with Crippen LogP contribution in [0.15, 0.2) is 51.9 Å². The molecule has 2 aromatic carbocycles. The molecule has 2 nitrogen and oxygen atoms in total. The summed E-state index contributed by atoms with van der Waals surface area (Å²) < 4.78 is 1.27. The van der Waals surface area contributed by atoms with E-state index in [2.05, 4.69) is 82.1 Å². The summed E-state index contributed by atoms with van der Waals surface area (Å²) >= 11 is 3.72. The van der Waals surface area contributed by atoms with Crippen LogP contribution >= 0.6 is 15.9 Å². The van der Waals surface area contributed by atoms with Crippen molar-refractivity contribution < 1.29 is 0 Å². The van der Waals surface area contributed by atoms with Gasteiger partial charge in [0, 0.05) is 23.8 Å². The monoisotopic (exact) mass is 426 g/mol. The van der Waals surface area contributed by atoms with Gasteiger partial charge in [0.2, 0.25) is 0 Å². The molecule has 0 N–H and O–H groups in total. The van der Waals surface area contributed by atoms with Crippen molar-refractivity contribution in [2.75, 3.05) is 26.7 Å². The zero-order valence-electron chi connectivity index (χ0n) is 16.8. The highest BCUT2D eigenvalue weighted by molar-refractivity contribution is 9.10. The van der Waals surface area contributed by atoms with Crippen molar-refractivity contribution in [2.24, 2.45) is 10.9 Å². The molecule has 0 saturated carbocycles. The van der Waals surface area contributed by atoms with Gasteiger partial charge in [0.05, 0.1) is 0 Å². The number of halogens is 1. The van der Waals surface area contributed by atoms with Gasteiger partial charge in [-0.3, -0.25) is 4.99 Å². The first-order chi connectivity index (χ1) is 13.0. The van der Waals surface area contributed by atoms with Crippen molar-refractivity contribution in [2.45, 2.75) is 39.5 Å². The summed E-state index contributed by atoms with van der Waals surface area (Å²) in [6.45, 7) is 7.87. The number of hydrogen-bond acceptors (Lipinski definition) is 2. The number of rotatable bonds is 6. The van der Waals surface area contributed by atoms with E-state index in [9.17, 15) is 0 Å². The van der Waals surface area contributed by atoms with Gasteiger partial charge in [-0.25, -0.2) is 0 Å². The van der Waals surface area contributed by atoms with Crippen LogP contribution in [-0.4, -0.2) is 37.3 Å². The van der Waals surface area contributed by atoms with Gasteiger partial charge in [0.1, 0.15) is 0 Å². The number of likely N-dealkylation sites (tertiary alicyclic amines) is 1. The van der Waals surface area contributed by atoms with Crippen LogP contribution in [0.3, 0.4) is 0 Å². The topological polar surface area (TPSA) is 15.6 Å². The lowest BCUT2D eigenvalue weighted by Crippen LogP contribution is -2.35. The van der Waals surface area contributed by atoms with Crippen molar-refractivity contribution in [1.29, 1.82) is 0 Å². The molecule has 3 rings (SSSR count). The molecule has 1 aliphatic rings. The molecule has 1 saturated heterocycles. The second-order valence-electron chi connectivity index (χ2n) is 7.84. The van der Waals surface area contributed by atoms with Crippen LogP contribution in [0, 0.1) is 12.8 Å². The van der Waals surface area contributed by atoms with Crippen LogP contribution in [0.5, 0.6) is 0 Å². The maximum Gasteiger partial charge on any atom is 0.0386 e. The quantitative estimate of drug-likeness (QED) is 0.541. The first kappa shape index (κ1) is 20.3. The molecule has 1 heterocycles. The standard InChI is InChI=1S/C24H31BrN2/c1-18-7-8-24(25)23(15-18)17-21-10-13-27(14-11-21)12-9-20-5-4-6-22(16-20)19(2)26-3/h4-8,15-16,21H,9-14,17H2,1-3H3. The van der Waals surface area contributed by atoms with Crippen molar-refractivity contribution in [3.05, 3.63) is 69.2 Å². The average molecular weight is 427 g/mol. The van der Waals surface area contributed by atoms with E-state index in [1.165, 1.54) is 59.1 Å². The Hall–Kier alpha value is -1.45. The number of piperidine rings is 1. The first-order valence-corrected chi connectivity index (χ1v) is 10.8. The highest BCUT2D eigenvalue weighted by atomic mass is 79.9. The first-order valence-electron chi connectivity index (χ1n) is 10.0. The molecule has 1 fully saturated rings. The van der Waals surface area contributed by atoms with E-state index in [0.29, 0.717) is 0 Å². The van der Waals surface area contributed by atoms with Crippen LogP contribution in [-0.2, 0) is 12.8 Å². The van der Waals surface area contributed by atoms with Crippen LogP contribution in [0.1, 0.15) is 42.0 Å². The number of hydrogen-bond donors (Lipinski definition) is 0. The molecule has 0 amide bonds. The molecule has 1 aliphatic heterocycles. The Labute approximate surface area is 172 Å². The zero-order chi connectivity index (χ0) is 19.2. The molecule has 0 bridgehead atoms. The lowest BCUT2D eigenvalue weighted by atomic mass is 9.89. The normalized spacial score (nSPS) is 16.7. The Morgan fingerprint density at radius 2 is 1.93 bits per heavy atom. The molecule has 0 aromatic heterocycles. The molecular formula is C24H31BrN2. The third-order valence-electron chi connectivity index (χ3n) is 5.81. The van der Waals surface area contributed by atoms with Gasteiger partial charge >= 0.3 is 0 Å². The van der Waals surface area contributed by atoms with E-state index < -0.39 is 0 Å². The van der Waals surface area contributed by atoms with Gasteiger partial charge in [-0.1, -0.05) is 51.8 Å². The van der Waals surface area contributed by atoms with Gasteiger partial charge in [0.25, 0.3) is 0 Å². The fraction of sp³-hybridized carbons (Fsp3) is 0.458. The summed E-state index contributed by atoms with van der Waals surface area (Å²) in [5.74, 6) is 0.811. The highest BCUT2D eigenvalue weighted by Crippen LogP contribution is 2.26. The number of aryl methyl sites for hydroxylation is 1. The summed E-state index contributed by atoms with van der Waals surface area (Å²) in [5.41, 5.74) is 6.60. The van der Waals surface area contributed by atoms with Crippen LogP contribution in [0.2, 0.25) is 0 Å². The third-order valence-corrected chi connectivity index (χ3v) is 6.59. The summed E-state index contributed by atoms with van der Waals surface area (Å²) in [7, 11) is 1.86. The van der Waals surface area contributed by atoms with E-state index in [-0.39, 0.29) is 0 Å². The Kier molecular flexibility index (Phi) is 7.26. The Bertz CT molecular complexity index is 789. The molecule has 3 heteroatoms. The Morgan fingerprint density at radius 1 is 1.15 bits per heavy atom. The number of nitrogens with zero attached hydrogens (tertiary/aromatic N) is 2. The molecule has 27 heavy (non-hydrogen) atoms. The van der Waals surface area contributed by atoms with Gasteiger partial charge < -0.3 is 4.90 Å². The van der Waals surface area contributed by atoms with Crippen molar-refractivity contribution >= 4 is 21.6 Å². The van der Waals surface area contributed by atoms with Gasteiger partial charge in [-0.05, 0) is 87.4 Å². The van der Waals surface area contributed by atoms with Gasteiger partial charge in [-0.15, -0.1) is 0 Å². The molecule has 0 spiro atoms. The lowest BCUT2D eigenvalue weighted by Gasteiger charge is -2.32. The largest absolute Gasteiger partial charge is 0.303 e. The highest BCUT2D eigenvalue weighted by Gasteiger charge is 2.20. The predicted octanol–water partition coefficient (Wildman–Crippen LogP) is 5.69. The van der Waals surface area contributed by atoms with E-state index in [1.54, 1.807) is 0 Å². The van der Waals surface area contributed by atoms with Gasteiger partial charge in [-0.2, -0.15) is 0 Å². The number of aliphatic imine (C=N–C) groups is 1. The zero-order valence-corrected chi connectivity index (χ0v) is 18.4. The predicted molar refractivity (Wildman–Crippen MR) is 120 cm³/mol. The molecule has 144 valence electrons. The minimum Gasteiger partial charge on any atom is -0.303 e. The third kappa shape index (κ3) is 5.76. The van der Waals surface area contributed by atoms with Crippen molar-refractivity contribution in [3.8, 4) is 0 Å². The van der Waals surface area contributed by atoms with Crippen molar-refractivity contribution in [3.63, 3.8) is 0 Å². The Balaban J connectivity index is 1.48. The lowest BCUT2D eigenvalue weighted by molar-refractivity contribution is 0.186. The molecule has 2 aromatic rings. The van der Waals surface area contributed by atoms with Crippen molar-refractivity contribution in [1.82, 2.24) is 4.90 Å². The van der Waals surface area contributed by atoms with E-state index >= 15 is 0 Å². The fourth-order valence-electron chi connectivity index (χ4n) is 3.95. The minimum absolute atomic E-state index is 0.811. The van der Waals surface area contributed by atoms with E-state index in [1.807, 2.05) is 7.05 Å². The minimum atomic E-state index is 0.811. The smallest absolute Gasteiger partial charge is 0.0386 e. The summed E-state index contributed by atoms with van der Waals surface area (Å²) in [4.78, 5) is 6.94. The molecule has 0 atom stereocenters. The van der Waals surface area contributed by atoms with Crippen LogP contribution in [0.4, 0.5) is 0 Å². The molecule has 0 radical (unpaired) electrons. The van der Waals surface area contributed by atoms with Gasteiger partial charge in [0.15, 0.2) is 0 Å². The Morgan fingerprint density at radius 3 is 2.67 bits per heavy atom. The van der Waals surface area contributed by atoms with E-state index in [0.717, 1.165) is 24.6 Å². The average Bonchev–Trinajstić information content (AvgIpc) is 2.70. The van der Waals surface area contributed by atoms with E-state index in [4.69, 9.17) is 0 Å². The summed E-state index contributed by atoms with van der Waals surface area (Å²) in [6.07, 6.45) is 4.94. The molecule has 0 aliphatic carbocycles. The van der Waals surface area contributed by atoms with Crippen LogP contribution < -0.4 is 0 Å². The SMILES string of the molecule is CN=C(C)c1cccc(CCN2CCC(Cc3cc(C)ccc3Br)CC2)c1. The number of benzene rings is 2. The molecule has 0 unspecified atom stereocenters.